The molecule has 0 aliphatic rings. The van der Waals surface area contributed by atoms with Crippen molar-refractivity contribution in [2.24, 2.45) is 0 Å². The molecule has 2 N–H and O–H groups in total. The number of nitrogens with zero attached hydrogens (tertiary/aromatic N) is 2. The molecular weight excluding hydrogens is 223 g/mol. The summed E-state index contributed by atoms with van der Waals surface area (Å²) in [7, 11) is 0. The Kier molecular flexibility index (Phi) is 3.00. The van der Waals surface area contributed by atoms with Crippen molar-refractivity contribution >= 4 is 17.3 Å². The summed E-state index contributed by atoms with van der Waals surface area (Å²) in [4.78, 5) is 6.83. The highest BCUT2D eigenvalue weighted by molar-refractivity contribution is 6.28. The lowest BCUT2D eigenvalue weighted by Crippen LogP contribution is -2.20. The summed E-state index contributed by atoms with van der Waals surface area (Å²) in [5, 5.41) is -0.226. The molecule has 1 aromatic rings. The third-order valence-corrected chi connectivity index (χ3v) is 1.31. The lowest BCUT2D eigenvalue weighted by molar-refractivity contribution is -0.153. The summed E-state index contributed by atoms with van der Waals surface area (Å²) in [6.07, 6.45) is -3.37. The third kappa shape index (κ3) is 3.25. The smallest absolute Gasteiger partial charge is 0.422 e. The third-order valence-electron chi connectivity index (χ3n) is 1.12. The fourth-order valence-corrected chi connectivity index (χ4v) is 0.747. The molecule has 0 unspecified atom stereocenters. The van der Waals surface area contributed by atoms with Gasteiger partial charge in [-0.1, -0.05) is 0 Å². The molecular formula is C6H5ClF3N3O. The first-order valence-corrected chi connectivity index (χ1v) is 3.74. The summed E-state index contributed by atoms with van der Waals surface area (Å²) in [5.41, 5.74) is 5.14. The standard InChI is InChI=1S/C6H5ClF3N3O/c7-5-12-1-3(11)4(13-5)14-2-6(8,9)10/h1H,2,11H2. The van der Waals surface area contributed by atoms with Crippen LogP contribution in [0, 0.1) is 0 Å². The van der Waals surface area contributed by atoms with Crippen molar-refractivity contribution in [3.05, 3.63) is 11.5 Å². The van der Waals surface area contributed by atoms with Crippen LogP contribution >= 0.6 is 11.6 Å². The number of aromatic nitrogens is 2. The number of hydrogen-bond acceptors (Lipinski definition) is 4. The van der Waals surface area contributed by atoms with Gasteiger partial charge >= 0.3 is 6.18 Å². The molecule has 8 heteroatoms. The number of halogens is 4. The predicted molar refractivity (Wildman–Crippen MR) is 43.0 cm³/mol. The number of nitrogens with two attached hydrogens (primary N) is 1. The van der Waals surface area contributed by atoms with E-state index in [1.165, 1.54) is 0 Å². The molecule has 0 bridgehead atoms. The van der Waals surface area contributed by atoms with Gasteiger partial charge in [0, 0.05) is 0 Å². The second kappa shape index (κ2) is 3.87. The molecule has 0 amide bonds. The lowest BCUT2D eigenvalue weighted by atomic mass is 10.5. The molecule has 0 atom stereocenters. The zero-order valence-electron chi connectivity index (χ0n) is 6.68. The van der Waals surface area contributed by atoms with Crippen molar-refractivity contribution in [2.75, 3.05) is 12.3 Å². The van der Waals surface area contributed by atoms with Gasteiger partial charge < -0.3 is 10.5 Å². The molecule has 1 heterocycles. The van der Waals surface area contributed by atoms with E-state index in [2.05, 4.69) is 14.7 Å². The maximum absolute atomic E-state index is 11.7. The SMILES string of the molecule is Nc1cnc(Cl)nc1OCC(F)(F)F. The molecule has 0 spiro atoms. The molecule has 0 radical (unpaired) electrons. The van der Waals surface area contributed by atoms with Crippen LogP contribution in [-0.2, 0) is 0 Å². The summed E-state index contributed by atoms with van der Waals surface area (Å²) in [5.74, 6) is -0.373. The van der Waals surface area contributed by atoms with Crippen molar-refractivity contribution in [1.29, 1.82) is 0 Å². The van der Waals surface area contributed by atoms with Crippen molar-refractivity contribution in [1.82, 2.24) is 9.97 Å². The summed E-state index contributed by atoms with van der Waals surface area (Å²) < 4.78 is 39.5. The van der Waals surface area contributed by atoms with Crippen molar-refractivity contribution < 1.29 is 17.9 Å². The second-order valence-electron chi connectivity index (χ2n) is 2.30. The lowest BCUT2D eigenvalue weighted by Gasteiger charge is -2.09. The van der Waals surface area contributed by atoms with E-state index < -0.39 is 12.8 Å². The molecule has 1 rings (SSSR count). The summed E-state index contributed by atoms with van der Waals surface area (Å²) in [6, 6.07) is 0. The number of rotatable bonds is 2. The number of ether oxygens (including phenoxy) is 1. The van der Waals surface area contributed by atoms with Gasteiger partial charge in [0.1, 0.15) is 5.69 Å². The minimum absolute atomic E-state index is 0.0985. The van der Waals surface area contributed by atoms with Crippen molar-refractivity contribution in [2.45, 2.75) is 6.18 Å². The minimum Gasteiger partial charge on any atom is -0.466 e. The highest BCUT2D eigenvalue weighted by Crippen LogP contribution is 2.22. The second-order valence-corrected chi connectivity index (χ2v) is 2.64. The van der Waals surface area contributed by atoms with E-state index in [9.17, 15) is 13.2 Å². The van der Waals surface area contributed by atoms with Gasteiger partial charge in [-0.25, -0.2) is 4.98 Å². The highest BCUT2D eigenvalue weighted by Gasteiger charge is 2.29. The number of nitrogen functional groups attached to an aromatic ring is 1. The van der Waals surface area contributed by atoms with Crippen LogP contribution in [0.5, 0.6) is 5.88 Å². The largest absolute Gasteiger partial charge is 0.466 e. The fourth-order valence-electron chi connectivity index (χ4n) is 0.621. The molecule has 4 nitrogen and oxygen atoms in total. The molecule has 0 aliphatic heterocycles. The first-order chi connectivity index (χ1) is 6.38. The fraction of sp³-hybridized carbons (Fsp3) is 0.333. The highest BCUT2D eigenvalue weighted by atomic mass is 35.5. The van der Waals surface area contributed by atoms with Crippen LogP contribution in [0.25, 0.3) is 0 Å². The van der Waals surface area contributed by atoms with Gasteiger partial charge in [0.25, 0.3) is 0 Å². The van der Waals surface area contributed by atoms with Gasteiger partial charge in [0.05, 0.1) is 6.20 Å². The average Bonchev–Trinajstić information content (AvgIpc) is 2.05. The maximum Gasteiger partial charge on any atom is 0.422 e. The number of alkyl halides is 3. The van der Waals surface area contributed by atoms with Crippen LogP contribution < -0.4 is 10.5 Å². The Hall–Kier alpha value is -1.24. The zero-order valence-corrected chi connectivity index (χ0v) is 7.43. The van der Waals surface area contributed by atoms with E-state index >= 15 is 0 Å². The first kappa shape index (κ1) is 10.8. The average molecular weight is 228 g/mol. The Morgan fingerprint density at radius 3 is 2.71 bits per heavy atom. The molecule has 0 saturated heterocycles. The van der Waals surface area contributed by atoms with Crippen LogP contribution in [0.15, 0.2) is 6.20 Å². The van der Waals surface area contributed by atoms with Gasteiger partial charge in [-0.05, 0) is 11.6 Å². The van der Waals surface area contributed by atoms with Crippen molar-refractivity contribution in [3.63, 3.8) is 0 Å². The maximum atomic E-state index is 11.7. The Morgan fingerprint density at radius 2 is 2.14 bits per heavy atom. The molecule has 14 heavy (non-hydrogen) atoms. The van der Waals surface area contributed by atoms with Gasteiger partial charge in [0.2, 0.25) is 11.2 Å². The zero-order chi connectivity index (χ0) is 10.8. The van der Waals surface area contributed by atoms with E-state index in [4.69, 9.17) is 17.3 Å². The minimum atomic E-state index is -4.44. The first-order valence-electron chi connectivity index (χ1n) is 3.36. The molecule has 0 saturated carbocycles. The summed E-state index contributed by atoms with van der Waals surface area (Å²) >= 11 is 5.33. The Morgan fingerprint density at radius 1 is 1.50 bits per heavy atom. The Bertz CT molecular complexity index is 331. The van der Waals surface area contributed by atoms with E-state index in [0.29, 0.717) is 0 Å². The topological polar surface area (TPSA) is 61.0 Å². The van der Waals surface area contributed by atoms with Gasteiger partial charge in [-0.15, -0.1) is 0 Å². The van der Waals surface area contributed by atoms with Crippen LogP contribution in [0.4, 0.5) is 18.9 Å². The number of hydrogen-bond donors (Lipinski definition) is 1. The quantitative estimate of drug-likeness (QED) is 0.781. The summed E-state index contributed by atoms with van der Waals surface area (Å²) in [6.45, 7) is -1.47. The van der Waals surface area contributed by atoms with Gasteiger partial charge in [0.15, 0.2) is 6.61 Å². The molecule has 0 aromatic carbocycles. The normalized spacial score (nSPS) is 11.4. The van der Waals surface area contributed by atoms with E-state index in [1.807, 2.05) is 0 Å². The van der Waals surface area contributed by atoms with E-state index in [0.717, 1.165) is 6.20 Å². The predicted octanol–water partition coefficient (Wildman–Crippen LogP) is 1.65. The molecule has 0 fully saturated rings. The van der Waals surface area contributed by atoms with E-state index in [1.54, 1.807) is 0 Å². The molecule has 78 valence electrons. The van der Waals surface area contributed by atoms with Crippen LogP contribution in [0.2, 0.25) is 5.28 Å². The van der Waals surface area contributed by atoms with E-state index in [-0.39, 0.29) is 16.9 Å². The molecule has 0 aliphatic carbocycles. The molecule has 1 aromatic heterocycles. The van der Waals surface area contributed by atoms with Crippen LogP contribution in [0.1, 0.15) is 0 Å². The van der Waals surface area contributed by atoms with Crippen LogP contribution in [0.3, 0.4) is 0 Å². The Balaban J connectivity index is 2.72. The van der Waals surface area contributed by atoms with Gasteiger partial charge in [-0.3, -0.25) is 0 Å². The monoisotopic (exact) mass is 227 g/mol. The van der Waals surface area contributed by atoms with Crippen LogP contribution in [-0.4, -0.2) is 22.8 Å². The number of anilines is 1. The van der Waals surface area contributed by atoms with Crippen molar-refractivity contribution in [3.8, 4) is 5.88 Å². The Labute approximate surface area is 81.9 Å². The van der Waals surface area contributed by atoms with Gasteiger partial charge in [-0.2, -0.15) is 18.2 Å².